The zero-order chi connectivity index (χ0) is 15.6. The van der Waals surface area contributed by atoms with Gasteiger partial charge in [0.2, 0.25) is 0 Å². The molecule has 0 radical (unpaired) electrons. The van der Waals surface area contributed by atoms with E-state index >= 15 is 0 Å². The maximum absolute atomic E-state index is 12.6. The molecule has 4 nitrogen and oxygen atoms in total. The molecule has 0 aliphatic carbocycles. The van der Waals surface area contributed by atoms with Crippen molar-refractivity contribution in [3.05, 3.63) is 34.2 Å². The minimum Gasteiger partial charge on any atom is -0.481 e. The molecule has 0 aliphatic rings. The Balaban J connectivity index is 2.31. The van der Waals surface area contributed by atoms with Gasteiger partial charge in [-0.05, 0) is 13.0 Å². The van der Waals surface area contributed by atoms with Crippen molar-refractivity contribution in [1.29, 1.82) is 0 Å². The largest absolute Gasteiger partial charge is 0.481 e. The molecular formula is C15H16ClNO3S. The molecule has 1 amide bonds. The van der Waals surface area contributed by atoms with Gasteiger partial charge in [-0.2, -0.15) is 0 Å². The Morgan fingerprint density at radius 3 is 2.62 bits per heavy atom. The number of hydrogen-bond acceptors (Lipinski definition) is 3. The molecule has 6 heteroatoms. The number of carbonyl (C=O) groups is 2. The molecule has 0 aliphatic heterocycles. The molecule has 112 valence electrons. The molecule has 1 heterocycles. The van der Waals surface area contributed by atoms with Gasteiger partial charge in [0.05, 0.1) is 10.9 Å². The molecule has 0 saturated carbocycles. The summed E-state index contributed by atoms with van der Waals surface area (Å²) in [5.41, 5.74) is 0. The van der Waals surface area contributed by atoms with Crippen molar-refractivity contribution in [2.45, 2.75) is 13.8 Å². The van der Waals surface area contributed by atoms with Crippen molar-refractivity contribution < 1.29 is 14.7 Å². The van der Waals surface area contributed by atoms with Crippen molar-refractivity contribution in [2.24, 2.45) is 5.92 Å². The van der Waals surface area contributed by atoms with E-state index in [1.54, 1.807) is 6.92 Å². The third-order valence-electron chi connectivity index (χ3n) is 3.31. The molecule has 1 atom stereocenters. The van der Waals surface area contributed by atoms with Gasteiger partial charge in [0, 0.05) is 23.2 Å². The molecular weight excluding hydrogens is 310 g/mol. The number of carboxylic acids is 1. The van der Waals surface area contributed by atoms with Crippen LogP contribution in [0.4, 0.5) is 0 Å². The highest BCUT2D eigenvalue weighted by molar-refractivity contribution is 7.21. The fraction of sp³-hybridized carbons (Fsp3) is 0.333. The molecule has 2 rings (SSSR count). The second-order valence-corrected chi connectivity index (χ2v) is 6.25. The highest BCUT2D eigenvalue weighted by atomic mass is 35.5. The van der Waals surface area contributed by atoms with Crippen LogP contribution in [0.3, 0.4) is 0 Å². The quantitative estimate of drug-likeness (QED) is 0.911. The van der Waals surface area contributed by atoms with E-state index < -0.39 is 11.9 Å². The van der Waals surface area contributed by atoms with E-state index in [2.05, 4.69) is 0 Å². The van der Waals surface area contributed by atoms with Crippen LogP contribution in [-0.2, 0) is 4.79 Å². The van der Waals surface area contributed by atoms with Crippen molar-refractivity contribution >= 4 is 44.9 Å². The van der Waals surface area contributed by atoms with Gasteiger partial charge in [0.15, 0.2) is 0 Å². The Hall–Kier alpha value is -1.59. The number of halogens is 1. The first-order chi connectivity index (χ1) is 9.95. The standard InChI is InChI=1S/C15H16ClNO3S/c1-3-17(8-9(2)15(19)20)14(18)13-12(16)10-6-4-5-7-11(10)21-13/h4-7,9H,3,8H2,1-2H3,(H,19,20). The average molecular weight is 326 g/mol. The maximum atomic E-state index is 12.6. The smallest absolute Gasteiger partial charge is 0.308 e. The Morgan fingerprint density at radius 2 is 2.05 bits per heavy atom. The van der Waals surface area contributed by atoms with Gasteiger partial charge >= 0.3 is 5.97 Å². The van der Waals surface area contributed by atoms with Crippen LogP contribution in [0.25, 0.3) is 10.1 Å². The van der Waals surface area contributed by atoms with E-state index in [-0.39, 0.29) is 12.5 Å². The van der Waals surface area contributed by atoms with E-state index in [0.29, 0.717) is 16.4 Å². The number of rotatable bonds is 5. The van der Waals surface area contributed by atoms with E-state index in [4.69, 9.17) is 16.7 Å². The topological polar surface area (TPSA) is 57.6 Å². The summed E-state index contributed by atoms with van der Waals surface area (Å²) in [7, 11) is 0. The predicted molar refractivity (Wildman–Crippen MR) is 85.2 cm³/mol. The first-order valence-corrected chi connectivity index (χ1v) is 7.84. The second kappa shape index (κ2) is 6.45. The number of aliphatic carboxylic acids is 1. The van der Waals surface area contributed by atoms with E-state index in [0.717, 1.165) is 10.1 Å². The SMILES string of the molecule is CCN(CC(C)C(=O)O)C(=O)c1sc2ccccc2c1Cl. The lowest BCUT2D eigenvalue weighted by Gasteiger charge is -2.22. The van der Waals surface area contributed by atoms with Crippen LogP contribution in [0.5, 0.6) is 0 Å². The van der Waals surface area contributed by atoms with Crippen LogP contribution in [-0.4, -0.2) is 35.0 Å². The number of fused-ring (bicyclic) bond motifs is 1. The van der Waals surface area contributed by atoms with Gasteiger partial charge < -0.3 is 10.0 Å². The average Bonchev–Trinajstić information content (AvgIpc) is 2.81. The Morgan fingerprint density at radius 1 is 1.38 bits per heavy atom. The van der Waals surface area contributed by atoms with Gasteiger partial charge in [-0.3, -0.25) is 9.59 Å². The van der Waals surface area contributed by atoms with E-state index in [9.17, 15) is 9.59 Å². The van der Waals surface area contributed by atoms with Gasteiger partial charge in [0.1, 0.15) is 4.88 Å². The minimum absolute atomic E-state index is 0.176. The molecule has 1 aromatic carbocycles. The van der Waals surface area contributed by atoms with Crippen LogP contribution in [0.15, 0.2) is 24.3 Å². The summed E-state index contributed by atoms with van der Waals surface area (Å²) >= 11 is 7.64. The first kappa shape index (κ1) is 15.8. The number of benzene rings is 1. The molecule has 0 saturated heterocycles. The van der Waals surface area contributed by atoms with Gasteiger partial charge in [0.25, 0.3) is 5.91 Å². The summed E-state index contributed by atoms with van der Waals surface area (Å²) in [4.78, 5) is 25.5. The molecule has 0 bridgehead atoms. The Kier molecular flexibility index (Phi) is 4.85. The third kappa shape index (κ3) is 3.19. The molecule has 2 aromatic rings. The lowest BCUT2D eigenvalue weighted by molar-refractivity contribution is -0.141. The molecule has 1 N–H and O–H groups in total. The highest BCUT2D eigenvalue weighted by Gasteiger charge is 2.24. The summed E-state index contributed by atoms with van der Waals surface area (Å²) in [6, 6.07) is 7.56. The second-order valence-electron chi connectivity index (χ2n) is 4.82. The minimum atomic E-state index is -0.913. The van der Waals surface area contributed by atoms with Crippen LogP contribution in [0, 0.1) is 5.92 Å². The number of carbonyl (C=O) groups excluding carboxylic acids is 1. The Bertz CT molecular complexity index is 683. The Labute approximate surface area is 131 Å². The van der Waals surface area contributed by atoms with Crippen molar-refractivity contribution in [2.75, 3.05) is 13.1 Å². The number of hydrogen-bond donors (Lipinski definition) is 1. The molecule has 1 unspecified atom stereocenters. The lowest BCUT2D eigenvalue weighted by atomic mass is 10.1. The predicted octanol–water partition coefficient (Wildman–Crippen LogP) is 3.74. The summed E-state index contributed by atoms with van der Waals surface area (Å²) < 4.78 is 0.952. The first-order valence-electron chi connectivity index (χ1n) is 6.64. The number of nitrogens with zero attached hydrogens (tertiary/aromatic N) is 1. The fourth-order valence-electron chi connectivity index (χ4n) is 2.06. The summed E-state index contributed by atoms with van der Waals surface area (Å²) in [6.07, 6.45) is 0. The van der Waals surface area contributed by atoms with E-state index in [1.165, 1.54) is 16.2 Å². The molecule has 21 heavy (non-hydrogen) atoms. The summed E-state index contributed by atoms with van der Waals surface area (Å²) in [6.45, 7) is 4.04. The van der Waals surface area contributed by atoms with E-state index in [1.807, 2.05) is 31.2 Å². The number of amides is 1. The van der Waals surface area contributed by atoms with Crippen LogP contribution >= 0.6 is 22.9 Å². The summed E-state index contributed by atoms with van der Waals surface area (Å²) in [5, 5.41) is 10.3. The van der Waals surface area contributed by atoms with Crippen molar-refractivity contribution in [3.8, 4) is 0 Å². The van der Waals surface area contributed by atoms with Crippen LogP contribution in [0.2, 0.25) is 5.02 Å². The normalized spacial score (nSPS) is 12.3. The maximum Gasteiger partial charge on any atom is 0.308 e. The molecule has 0 spiro atoms. The van der Waals surface area contributed by atoms with Crippen molar-refractivity contribution in [1.82, 2.24) is 4.90 Å². The molecule has 1 aromatic heterocycles. The fourth-order valence-corrected chi connectivity index (χ4v) is 3.54. The third-order valence-corrected chi connectivity index (χ3v) is 4.98. The zero-order valence-electron chi connectivity index (χ0n) is 11.8. The highest BCUT2D eigenvalue weighted by Crippen LogP contribution is 2.35. The molecule has 0 fully saturated rings. The number of thiophene rings is 1. The van der Waals surface area contributed by atoms with Crippen LogP contribution < -0.4 is 0 Å². The number of carboxylic acid groups (broad SMARTS) is 1. The lowest BCUT2D eigenvalue weighted by Crippen LogP contribution is -2.36. The van der Waals surface area contributed by atoms with Gasteiger partial charge in [-0.25, -0.2) is 0 Å². The van der Waals surface area contributed by atoms with Crippen LogP contribution in [0.1, 0.15) is 23.5 Å². The van der Waals surface area contributed by atoms with Gasteiger partial charge in [-0.1, -0.05) is 36.7 Å². The van der Waals surface area contributed by atoms with Gasteiger partial charge in [-0.15, -0.1) is 11.3 Å². The van der Waals surface area contributed by atoms with Crippen molar-refractivity contribution in [3.63, 3.8) is 0 Å². The monoisotopic (exact) mass is 325 g/mol. The zero-order valence-corrected chi connectivity index (χ0v) is 13.4. The summed E-state index contributed by atoms with van der Waals surface area (Å²) in [5.74, 6) is -1.73.